The molecular formula is C18H21FN2O2. The van der Waals surface area contributed by atoms with Crippen molar-refractivity contribution in [3.8, 4) is 0 Å². The number of aliphatic hydroxyl groups excluding tert-OH is 1. The molecule has 0 fully saturated rings. The van der Waals surface area contributed by atoms with Gasteiger partial charge in [-0.15, -0.1) is 0 Å². The molecular weight excluding hydrogens is 295 g/mol. The number of carbonyl (C=O) groups is 1. The van der Waals surface area contributed by atoms with Gasteiger partial charge < -0.3 is 16.2 Å². The van der Waals surface area contributed by atoms with Crippen LogP contribution in [0.3, 0.4) is 0 Å². The number of hydrogen-bond acceptors (Lipinski definition) is 3. The van der Waals surface area contributed by atoms with Crippen LogP contribution >= 0.6 is 0 Å². The van der Waals surface area contributed by atoms with Crippen molar-refractivity contribution in [1.82, 2.24) is 5.32 Å². The molecule has 4 nitrogen and oxygen atoms in total. The molecule has 0 saturated carbocycles. The number of carbonyl (C=O) groups excluding carboxylic acids is 1. The van der Waals surface area contributed by atoms with Crippen LogP contribution in [0.25, 0.3) is 0 Å². The Balaban J connectivity index is 1.89. The number of nitrogens with two attached hydrogens (primary N) is 1. The van der Waals surface area contributed by atoms with Gasteiger partial charge in [0.25, 0.3) is 0 Å². The van der Waals surface area contributed by atoms with E-state index in [1.807, 2.05) is 18.2 Å². The summed E-state index contributed by atoms with van der Waals surface area (Å²) < 4.78 is 12.9. The fourth-order valence-electron chi connectivity index (χ4n) is 2.36. The Hall–Kier alpha value is -2.24. The number of rotatable bonds is 6. The second-order valence-electron chi connectivity index (χ2n) is 5.60. The standard InChI is InChI=1S/C18H21FN2O2/c1-12(11-16(22)13-7-9-15(19)10-8-13)21-18(23)17(20)14-5-3-2-4-6-14/h2-10,12,16-17,22H,11,20H2,1H3,(H,21,23). The number of halogens is 1. The lowest BCUT2D eigenvalue weighted by atomic mass is 10.0. The maximum Gasteiger partial charge on any atom is 0.241 e. The van der Waals surface area contributed by atoms with E-state index in [1.165, 1.54) is 24.3 Å². The average molecular weight is 316 g/mol. The third-order valence-electron chi connectivity index (χ3n) is 3.66. The molecule has 0 radical (unpaired) electrons. The van der Waals surface area contributed by atoms with E-state index >= 15 is 0 Å². The Morgan fingerprint density at radius 3 is 2.35 bits per heavy atom. The molecule has 4 N–H and O–H groups in total. The molecule has 0 saturated heterocycles. The quantitative estimate of drug-likeness (QED) is 0.766. The van der Waals surface area contributed by atoms with Gasteiger partial charge in [0.15, 0.2) is 0 Å². The first-order chi connectivity index (χ1) is 11.0. The van der Waals surface area contributed by atoms with E-state index in [-0.39, 0.29) is 17.8 Å². The Bertz CT molecular complexity index is 631. The first kappa shape index (κ1) is 17.1. The minimum atomic E-state index is -0.779. The van der Waals surface area contributed by atoms with Gasteiger partial charge in [0.2, 0.25) is 5.91 Å². The second-order valence-corrected chi connectivity index (χ2v) is 5.60. The van der Waals surface area contributed by atoms with Crippen LogP contribution in [0.15, 0.2) is 54.6 Å². The van der Waals surface area contributed by atoms with Gasteiger partial charge in [-0.3, -0.25) is 4.79 Å². The van der Waals surface area contributed by atoms with Gasteiger partial charge in [-0.05, 0) is 36.6 Å². The Morgan fingerprint density at radius 2 is 1.74 bits per heavy atom. The molecule has 23 heavy (non-hydrogen) atoms. The highest BCUT2D eigenvalue weighted by molar-refractivity contribution is 5.83. The third-order valence-corrected chi connectivity index (χ3v) is 3.66. The average Bonchev–Trinajstić information content (AvgIpc) is 2.55. The van der Waals surface area contributed by atoms with Crippen LogP contribution in [0, 0.1) is 5.82 Å². The van der Waals surface area contributed by atoms with Gasteiger partial charge >= 0.3 is 0 Å². The van der Waals surface area contributed by atoms with Gasteiger partial charge in [-0.1, -0.05) is 42.5 Å². The molecule has 2 aromatic carbocycles. The van der Waals surface area contributed by atoms with Crippen molar-refractivity contribution in [2.45, 2.75) is 31.5 Å². The van der Waals surface area contributed by atoms with Crippen LogP contribution in [0.5, 0.6) is 0 Å². The Kier molecular flexibility index (Phi) is 5.84. The Labute approximate surface area is 135 Å². The van der Waals surface area contributed by atoms with Crippen LogP contribution in [-0.4, -0.2) is 17.1 Å². The summed E-state index contributed by atoms with van der Waals surface area (Å²) in [5.74, 6) is -0.647. The number of hydrogen-bond donors (Lipinski definition) is 3. The molecule has 0 heterocycles. The fraction of sp³-hybridized carbons (Fsp3) is 0.278. The van der Waals surface area contributed by atoms with Crippen LogP contribution in [0.2, 0.25) is 0 Å². The largest absolute Gasteiger partial charge is 0.388 e. The van der Waals surface area contributed by atoms with E-state index in [0.29, 0.717) is 12.0 Å². The van der Waals surface area contributed by atoms with Crippen molar-refractivity contribution in [1.29, 1.82) is 0 Å². The first-order valence-corrected chi connectivity index (χ1v) is 7.52. The van der Waals surface area contributed by atoms with E-state index in [4.69, 9.17) is 5.73 Å². The highest BCUT2D eigenvalue weighted by Gasteiger charge is 2.19. The van der Waals surface area contributed by atoms with Crippen molar-refractivity contribution < 1.29 is 14.3 Å². The second kappa shape index (κ2) is 7.85. The van der Waals surface area contributed by atoms with E-state index in [2.05, 4.69) is 5.32 Å². The number of benzene rings is 2. The lowest BCUT2D eigenvalue weighted by Gasteiger charge is -2.20. The van der Waals surface area contributed by atoms with Crippen LogP contribution in [0.4, 0.5) is 4.39 Å². The predicted molar refractivity (Wildman–Crippen MR) is 87.0 cm³/mol. The predicted octanol–water partition coefficient (Wildman–Crippen LogP) is 2.45. The Morgan fingerprint density at radius 1 is 1.13 bits per heavy atom. The van der Waals surface area contributed by atoms with Crippen LogP contribution in [-0.2, 0) is 4.79 Å². The first-order valence-electron chi connectivity index (χ1n) is 7.52. The lowest BCUT2D eigenvalue weighted by Crippen LogP contribution is -2.40. The highest BCUT2D eigenvalue weighted by atomic mass is 19.1. The molecule has 3 atom stereocenters. The van der Waals surface area contributed by atoms with Crippen molar-refractivity contribution in [2.24, 2.45) is 5.73 Å². The number of amides is 1. The molecule has 0 bridgehead atoms. The summed E-state index contributed by atoms with van der Waals surface area (Å²) in [5.41, 5.74) is 7.27. The normalized spacial score (nSPS) is 14.8. The van der Waals surface area contributed by atoms with E-state index in [9.17, 15) is 14.3 Å². The topological polar surface area (TPSA) is 75.3 Å². The van der Waals surface area contributed by atoms with E-state index < -0.39 is 12.1 Å². The molecule has 0 aliphatic rings. The molecule has 2 aromatic rings. The zero-order valence-electron chi connectivity index (χ0n) is 12.9. The number of aliphatic hydroxyl groups is 1. The summed E-state index contributed by atoms with van der Waals surface area (Å²) in [4.78, 5) is 12.1. The van der Waals surface area contributed by atoms with E-state index in [0.717, 1.165) is 5.56 Å². The van der Waals surface area contributed by atoms with Crippen molar-refractivity contribution >= 4 is 5.91 Å². The minimum Gasteiger partial charge on any atom is -0.388 e. The van der Waals surface area contributed by atoms with Gasteiger partial charge in [0.1, 0.15) is 11.9 Å². The molecule has 5 heteroatoms. The van der Waals surface area contributed by atoms with Crippen molar-refractivity contribution in [2.75, 3.05) is 0 Å². The maximum atomic E-state index is 12.9. The highest BCUT2D eigenvalue weighted by Crippen LogP contribution is 2.19. The number of nitrogens with one attached hydrogen (secondary N) is 1. The molecule has 0 aromatic heterocycles. The van der Waals surface area contributed by atoms with Crippen molar-refractivity contribution in [3.63, 3.8) is 0 Å². The lowest BCUT2D eigenvalue weighted by molar-refractivity contribution is -0.123. The zero-order chi connectivity index (χ0) is 16.8. The summed E-state index contributed by atoms with van der Waals surface area (Å²) in [5, 5.41) is 12.9. The van der Waals surface area contributed by atoms with Gasteiger partial charge in [0.05, 0.1) is 6.10 Å². The molecule has 3 unspecified atom stereocenters. The van der Waals surface area contributed by atoms with Gasteiger partial charge in [0, 0.05) is 6.04 Å². The van der Waals surface area contributed by atoms with Crippen LogP contribution in [0.1, 0.15) is 36.6 Å². The van der Waals surface area contributed by atoms with Crippen LogP contribution < -0.4 is 11.1 Å². The summed E-state index contributed by atoms with van der Waals surface area (Å²) in [7, 11) is 0. The molecule has 1 amide bonds. The zero-order valence-corrected chi connectivity index (χ0v) is 12.9. The SMILES string of the molecule is CC(CC(O)c1ccc(F)cc1)NC(=O)C(N)c1ccccc1. The van der Waals surface area contributed by atoms with Crippen molar-refractivity contribution in [3.05, 3.63) is 71.5 Å². The molecule has 2 rings (SSSR count). The minimum absolute atomic E-state index is 0.266. The molecule has 122 valence electrons. The molecule has 0 aliphatic carbocycles. The molecule has 0 aliphatic heterocycles. The van der Waals surface area contributed by atoms with Gasteiger partial charge in [-0.25, -0.2) is 4.39 Å². The van der Waals surface area contributed by atoms with Gasteiger partial charge in [-0.2, -0.15) is 0 Å². The van der Waals surface area contributed by atoms with E-state index in [1.54, 1.807) is 19.1 Å². The fourth-order valence-corrected chi connectivity index (χ4v) is 2.36. The summed E-state index contributed by atoms with van der Waals surface area (Å²) >= 11 is 0. The summed E-state index contributed by atoms with van der Waals surface area (Å²) in [6, 6.07) is 13.7. The third kappa shape index (κ3) is 4.87. The maximum absolute atomic E-state index is 12.9. The molecule has 0 spiro atoms. The smallest absolute Gasteiger partial charge is 0.241 e. The summed E-state index contributed by atoms with van der Waals surface area (Å²) in [6.45, 7) is 1.79. The monoisotopic (exact) mass is 316 g/mol. The summed E-state index contributed by atoms with van der Waals surface area (Å²) in [6.07, 6.45) is -0.461.